The standard InChI is InChI=1S/C18H19F4N3O/c1-25(15-10-6-5-9-14(15)19)17-23-11-13(18(20,21)22)16(24-17)26-12-7-3-2-4-8-12/h5-6,9-12H,2-4,7-8H2,1H3. The van der Waals surface area contributed by atoms with Crippen LogP contribution in [0.2, 0.25) is 0 Å². The Morgan fingerprint density at radius 3 is 2.46 bits per heavy atom. The number of rotatable bonds is 4. The molecule has 26 heavy (non-hydrogen) atoms. The molecule has 0 radical (unpaired) electrons. The van der Waals surface area contributed by atoms with Crippen LogP contribution in [0.5, 0.6) is 5.88 Å². The predicted octanol–water partition coefficient (Wildman–Crippen LogP) is 5.11. The lowest BCUT2D eigenvalue weighted by molar-refractivity contribution is -0.140. The molecule has 0 unspecified atom stereocenters. The molecule has 0 N–H and O–H groups in total. The van der Waals surface area contributed by atoms with Crippen LogP contribution in [0.25, 0.3) is 0 Å². The molecule has 4 nitrogen and oxygen atoms in total. The maximum Gasteiger partial charge on any atom is 0.423 e. The lowest BCUT2D eigenvalue weighted by Gasteiger charge is -2.25. The van der Waals surface area contributed by atoms with Gasteiger partial charge in [-0.2, -0.15) is 18.2 Å². The van der Waals surface area contributed by atoms with Crippen molar-refractivity contribution in [3.8, 4) is 5.88 Å². The zero-order valence-corrected chi connectivity index (χ0v) is 14.3. The van der Waals surface area contributed by atoms with E-state index in [4.69, 9.17) is 4.74 Å². The monoisotopic (exact) mass is 369 g/mol. The van der Waals surface area contributed by atoms with E-state index < -0.39 is 23.4 Å². The number of aromatic nitrogens is 2. The molecule has 2 aromatic rings. The van der Waals surface area contributed by atoms with Gasteiger partial charge < -0.3 is 9.64 Å². The first-order valence-electron chi connectivity index (χ1n) is 8.45. The quantitative estimate of drug-likeness (QED) is 0.702. The van der Waals surface area contributed by atoms with Gasteiger partial charge in [0.05, 0.1) is 5.69 Å². The van der Waals surface area contributed by atoms with Crippen molar-refractivity contribution in [1.82, 2.24) is 9.97 Å². The highest BCUT2D eigenvalue weighted by Gasteiger charge is 2.37. The van der Waals surface area contributed by atoms with E-state index in [1.807, 2.05) is 0 Å². The molecule has 0 bridgehead atoms. The number of para-hydroxylation sites is 1. The molecule has 1 heterocycles. The maximum atomic E-state index is 14.0. The van der Waals surface area contributed by atoms with E-state index in [1.165, 1.54) is 30.1 Å². The highest BCUT2D eigenvalue weighted by atomic mass is 19.4. The predicted molar refractivity (Wildman–Crippen MR) is 89.0 cm³/mol. The SMILES string of the molecule is CN(c1ncc(C(F)(F)F)c(OC2CCCCC2)n1)c1ccccc1F. The van der Waals surface area contributed by atoms with Crippen molar-refractivity contribution in [3.05, 3.63) is 41.8 Å². The van der Waals surface area contributed by atoms with Gasteiger partial charge >= 0.3 is 6.18 Å². The van der Waals surface area contributed by atoms with E-state index in [9.17, 15) is 17.6 Å². The summed E-state index contributed by atoms with van der Waals surface area (Å²) in [6.07, 6.45) is 0.0393. The van der Waals surface area contributed by atoms with Crippen molar-refractivity contribution >= 4 is 11.6 Å². The van der Waals surface area contributed by atoms with Gasteiger partial charge in [-0.3, -0.25) is 0 Å². The molecule has 140 valence electrons. The molecule has 1 saturated carbocycles. The van der Waals surface area contributed by atoms with Crippen molar-refractivity contribution in [1.29, 1.82) is 0 Å². The summed E-state index contributed by atoms with van der Waals surface area (Å²) in [6.45, 7) is 0. The van der Waals surface area contributed by atoms with Gasteiger partial charge in [0, 0.05) is 13.2 Å². The van der Waals surface area contributed by atoms with Gasteiger partial charge in [0.2, 0.25) is 11.8 Å². The zero-order chi connectivity index (χ0) is 18.7. The second-order valence-electron chi connectivity index (χ2n) is 6.27. The van der Waals surface area contributed by atoms with E-state index in [1.54, 1.807) is 6.07 Å². The highest BCUT2D eigenvalue weighted by molar-refractivity contribution is 5.57. The lowest BCUT2D eigenvalue weighted by atomic mass is 9.98. The van der Waals surface area contributed by atoms with Gasteiger partial charge in [-0.15, -0.1) is 0 Å². The molecule has 1 aromatic carbocycles. The smallest absolute Gasteiger partial charge is 0.423 e. The first-order chi connectivity index (χ1) is 12.4. The largest absolute Gasteiger partial charge is 0.474 e. The van der Waals surface area contributed by atoms with Crippen LogP contribution in [0, 0.1) is 5.82 Å². The fourth-order valence-corrected chi connectivity index (χ4v) is 2.98. The molecule has 0 spiro atoms. The Morgan fingerprint density at radius 1 is 1.12 bits per heavy atom. The Balaban J connectivity index is 1.94. The molecular formula is C18H19F4N3O. The molecule has 0 saturated heterocycles. The second kappa shape index (κ2) is 7.47. The molecule has 0 aliphatic heterocycles. The Bertz CT molecular complexity index is 760. The molecule has 0 amide bonds. The first-order valence-corrected chi connectivity index (χ1v) is 8.45. The third-order valence-corrected chi connectivity index (χ3v) is 4.39. The van der Waals surface area contributed by atoms with Gasteiger partial charge in [-0.25, -0.2) is 9.37 Å². The number of halogens is 4. The minimum absolute atomic E-state index is 0.0612. The molecule has 1 aliphatic carbocycles. The van der Waals surface area contributed by atoms with Crippen molar-refractivity contribution in [2.45, 2.75) is 44.4 Å². The summed E-state index contributed by atoms with van der Waals surface area (Å²) < 4.78 is 59.4. The van der Waals surface area contributed by atoms with Gasteiger partial charge in [0.25, 0.3) is 0 Å². The number of hydrogen-bond acceptors (Lipinski definition) is 4. The van der Waals surface area contributed by atoms with Crippen LogP contribution in [0.1, 0.15) is 37.7 Å². The number of ether oxygens (including phenoxy) is 1. The van der Waals surface area contributed by atoms with Crippen molar-refractivity contribution in [2.24, 2.45) is 0 Å². The number of hydrogen-bond donors (Lipinski definition) is 0. The van der Waals surface area contributed by atoms with E-state index in [0.717, 1.165) is 19.3 Å². The van der Waals surface area contributed by atoms with E-state index >= 15 is 0 Å². The number of nitrogens with zero attached hydrogens (tertiary/aromatic N) is 3. The molecule has 3 rings (SSSR count). The molecule has 8 heteroatoms. The molecule has 0 atom stereocenters. The highest BCUT2D eigenvalue weighted by Crippen LogP contribution is 2.37. The van der Waals surface area contributed by atoms with Gasteiger partial charge in [-0.1, -0.05) is 18.6 Å². The van der Waals surface area contributed by atoms with Crippen LogP contribution in [0.3, 0.4) is 0 Å². The number of anilines is 2. The fraction of sp³-hybridized carbons (Fsp3) is 0.444. The average molecular weight is 369 g/mol. The van der Waals surface area contributed by atoms with Crippen LogP contribution >= 0.6 is 0 Å². The normalized spacial score (nSPS) is 15.7. The van der Waals surface area contributed by atoms with Crippen LogP contribution in [0.15, 0.2) is 30.5 Å². The number of alkyl halides is 3. The van der Waals surface area contributed by atoms with E-state index in [2.05, 4.69) is 9.97 Å². The summed E-state index contributed by atoms with van der Waals surface area (Å²) in [7, 11) is 1.49. The van der Waals surface area contributed by atoms with Crippen LogP contribution < -0.4 is 9.64 Å². The summed E-state index contributed by atoms with van der Waals surface area (Å²) in [5, 5.41) is 0. The second-order valence-corrected chi connectivity index (χ2v) is 6.27. The van der Waals surface area contributed by atoms with Gasteiger partial charge in [0.1, 0.15) is 17.5 Å². The molecule has 1 aliphatic rings. The van der Waals surface area contributed by atoms with Crippen LogP contribution in [-0.2, 0) is 6.18 Å². The Labute approximate surface area is 148 Å². The van der Waals surface area contributed by atoms with Crippen molar-refractivity contribution < 1.29 is 22.3 Å². The summed E-state index contributed by atoms with van der Waals surface area (Å²) >= 11 is 0. The van der Waals surface area contributed by atoms with E-state index in [0.29, 0.717) is 19.0 Å². The third-order valence-electron chi connectivity index (χ3n) is 4.39. The average Bonchev–Trinajstić information content (AvgIpc) is 2.61. The zero-order valence-electron chi connectivity index (χ0n) is 14.3. The van der Waals surface area contributed by atoms with Gasteiger partial charge in [-0.05, 0) is 37.8 Å². The Kier molecular flexibility index (Phi) is 5.29. The summed E-state index contributed by atoms with van der Waals surface area (Å²) in [5.74, 6) is -1.08. The fourth-order valence-electron chi connectivity index (χ4n) is 2.98. The molecule has 1 aromatic heterocycles. The van der Waals surface area contributed by atoms with Crippen LogP contribution in [0.4, 0.5) is 29.2 Å². The summed E-state index contributed by atoms with van der Waals surface area (Å²) in [4.78, 5) is 9.02. The third kappa shape index (κ3) is 4.05. The topological polar surface area (TPSA) is 38.2 Å². The van der Waals surface area contributed by atoms with Crippen LogP contribution in [-0.4, -0.2) is 23.1 Å². The minimum atomic E-state index is -4.63. The summed E-state index contributed by atoms with van der Waals surface area (Å²) in [5.41, 5.74) is -0.857. The summed E-state index contributed by atoms with van der Waals surface area (Å²) in [6, 6.07) is 5.91. The lowest BCUT2D eigenvalue weighted by Crippen LogP contribution is -2.24. The number of benzene rings is 1. The van der Waals surface area contributed by atoms with Crippen molar-refractivity contribution in [2.75, 3.05) is 11.9 Å². The maximum absolute atomic E-state index is 14.0. The van der Waals surface area contributed by atoms with Gasteiger partial charge in [0.15, 0.2) is 0 Å². The van der Waals surface area contributed by atoms with E-state index in [-0.39, 0.29) is 17.7 Å². The molecular weight excluding hydrogens is 350 g/mol. The van der Waals surface area contributed by atoms with Crippen molar-refractivity contribution in [3.63, 3.8) is 0 Å². The minimum Gasteiger partial charge on any atom is -0.474 e. The first kappa shape index (κ1) is 18.4. The molecule has 1 fully saturated rings. The Morgan fingerprint density at radius 2 is 1.81 bits per heavy atom. The Hall–Kier alpha value is -2.38.